The topological polar surface area (TPSA) is 102 Å². The van der Waals surface area contributed by atoms with Crippen LogP contribution in [0.5, 0.6) is 0 Å². The van der Waals surface area contributed by atoms with Crippen LogP contribution in [0.4, 0.5) is 0 Å². The Morgan fingerprint density at radius 3 is 1.48 bits per heavy atom. The molecule has 0 heterocycles. The van der Waals surface area contributed by atoms with Crippen molar-refractivity contribution >= 4 is 17.9 Å². The zero-order valence-corrected chi connectivity index (χ0v) is 39.2. The van der Waals surface area contributed by atoms with Gasteiger partial charge in [-0.1, -0.05) is 167 Å². The van der Waals surface area contributed by atoms with Gasteiger partial charge in [0, 0.05) is 19.3 Å². The molecule has 0 spiro atoms. The third-order valence-electron chi connectivity index (χ3n) is 9.43. The molecular weight excluding hydrogens is 775 g/mol. The second-order valence-electron chi connectivity index (χ2n) is 16.1. The molecule has 0 saturated heterocycles. The molecule has 0 aromatic carbocycles. The smallest absolute Gasteiger partial charge is 0.306 e. The Labute approximate surface area is 377 Å². The molecule has 0 aromatic rings. The third-order valence-corrected chi connectivity index (χ3v) is 9.43. The quantitative estimate of drug-likeness (QED) is 0.0199. The van der Waals surface area contributed by atoms with E-state index < -0.39 is 18.1 Å². The summed E-state index contributed by atoms with van der Waals surface area (Å²) in [4.78, 5) is 36.9. The van der Waals surface area contributed by atoms with E-state index in [1.165, 1.54) is 25.7 Å². The van der Waals surface area contributed by atoms with Crippen LogP contribution in [0.25, 0.3) is 0 Å². The number of esters is 2. The molecule has 0 radical (unpaired) electrons. The molecule has 346 valence electrons. The Morgan fingerprint density at radius 1 is 0.516 bits per heavy atom. The molecule has 8 heteroatoms. The number of quaternary nitrogens is 1. The normalized spacial score (nSPS) is 14.1. The summed E-state index contributed by atoms with van der Waals surface area (Å²) in [7, 11) is 5.36. The maximum absolute atomic E-state index is 12.7. The molecule has 0 bridgehead atoms. The number of carbonyl (C=O) groups excluding carboxylic acids is 3. The fourth-order valence-corrected chi connectivity index (χ4v) is 5.82. The number of ether oxygens (including phenoxy) is 3. The molecule has 8 nitrogen and oxygen atoms in total. The number of unbranched alkanes of at least 4 members (excludes halogenated alkanes) is 8. The van der Waals surface area contributed by atoms with Gasteiger partial charge in [-0.2, -0.15) is 0 Å². The van der Waals surface area contributed by atoms with Crippen molar-refractivity contribution in [2.24, 2.45) is 0 Å². The monoisotopic (exact) mass is 858 g/mol. The van der Waals surface area contributed by atoms with Gasteiger partial charge in [0.15, 0.2) is 6.10 Å². The minimum atomic E-state index is -1.15. The zero-order valence-electron chi connectivity index (χ0n) is 39.2. The van der Waals surface area contributed by atoms with E-state index in [-0.39, 0.29) is 55.5 Å². The second-order valence-corrected chi connectivity index (χ2v) is 16.1. The Hall–Kier alpha value is -4.53. The maximum atomic E-state index is 12.7. The number of carboxylic acids is 1. The number of aliphatic carboxylic acids is 1. The van der Waals surface area contributed by atoms with Gasteiger partial charge in [-0.3, -0.25) is 9.59 Å². The summed E-state index contributed by atoms with van der Waals surface area (Å²) in [5.41, 5.74) is 0. The first-order chi connectivity index (χ1) is 30.1. The summed E-state index contributed by atoms with van der Waals surface area (Å²) >= 11 is 0. The lowest BCUT2D eigenvalue weighted by atomic mass is 10.1. The average molecular weight is 858 g/mol. The second kappa shape index (κ2) is 43.1. The molecule has 0 amide bonds. The van der Waals surface area contributed by atoms with Crippen LogP contribution in [0.3, 0.4) is 0 Å². The molecule has 0 aliphatic heterocycles. The largest absolute Gasteiger partial charge is 0.544 e. The number of allylic oxidation sites excluding steroid dienone is 22. The summed E-state index contributed by atoms with van der Waals surface area (Å²) in [6.45, 7) is 4.36. The predicted molar refractivity (Wildman–Crippen MR) is 258 cm³/mol. The number of carboxylic acid groups (broad SMARTS) is 1. The van der Waals surface area contributed by atoms with Crippen molar-refractivity contribution in [1.82, 2.24) is 0 Å². The van der Waals surface area contributed by atoms with Gasteiger partial charge in [0.2, 0.25) is 0 Å². The van der Waals surface area contributed by atoms with E-state index in [2.05, 4.69) is 86.8 Å². The van der Waals surface area contributed by atoms with Crippen molar-refractivity contribution in [3.63, 3.8) is 0 Å². The first kappa shape index (κ1) is 57.5. The molecule has 0 N–H and O–H groups in total. The fraction of sp³-hybridized carbons (Fsp3) is 0.537. The van der Waals surface area contributed by atoms with Gasteiger partial charge in [-0.05, 0) is 83.5 Å². The van der Waals surface area contributed by atoms with Gasteiger partial charge in [-0.15, -0.1) is 0 Å². The van der Waals surface area contributed by atoms with Gasteiger partial charge < -0.3 is 28.6 Å². The third kappa shape index (κ3) is 40.9. The standard InChI is InChI=1S/C54H83NO7/c1-6-8-10-12-14-16-18-20-22-24-25-26-27-29-31-33-35-37-39-41-43-45-53(57)62-50(48-60-47-46-51(54(58)59)55(3,4)5)49-61-52(56)44-42-40-38-36-34-32-30-28-23-21-19-17-15-13-11-9-7-2/h9,11,13-17,19-23,25-26,28-32,34-35,37,50-51H,6-8,10,12,18,24,27,33,36,38-49H2,1-5H3/b11-9+,15-13+,16-14+,19-17+,22-20+,23-21+,26-25+,30-28+,31-29+,34-32+,37-35+. The molecule has 0 rings (SSSR count). The fourth-order valence-electron chi connectivity index (χ4n) is 5.82. The van der Waals surface area contributed by atoms with E-state index in [1.807, 2.05) is 60.8 Å². The predicted octanol–water partition coefficient (Wildman–Crippen LogP) is 11.9. The summed E-state index contributed by atoms with van der Waals surface area (Å²) in [6, 6.07) is -0.751. The molecular formula is C54H83NO7. The summed E-state index contributed by atoms with van der Waals surface area (Å²) in [5, 5.41) is 11.6. The van der Waals surface area contributed by atoms with E-state index in [4.69, 9.17) is 14.2 Å². The van der Waals surface area contributed by atoms with E-state index in [0.717, 1.165) is 64.2 Å². The SMILES string of the molecule is CC/C=C/C=C/C=C/C=C/C=C/C=C/CCCCCC(=O)OCC(COCCC(C(=O)[O-])[N+](C)(C)C)OC(=O)CCCC/C=C/C/C=C/C/C=C/C/C=C/C/C=C/CCCCC. The van der Waals surface area contributed by atoms with Crippen LogP contribution in [-0.2, 0) is 28.6 Å². The summed E-state index contributed by atoms with van der Waals surface area (Å²) < 4.78 is 17.1. The van der Waals surface area contributed by atoms with Crippen molar-refractivity contribution in [2.45, 2.75) is 148 Å². The minimum absolute atomic E-state index is 0.00227. The highest BCUT2D eigenvalue weighted by Gasteiger charge is 2.25. The van der Waals surface area contributed by atoms with E-state index in [1.54, 1.807) is 21.1 Å². The molecule has 0 aromatic heterocycles. The lowest BCUT2D eigenvalue weighted by Gasteiger charge is -2.34. The van der Waals surface area contributed by atoms with Crippen LogP contribution in [-0.4, -0.2) is 75.5 Å². The van der Waals surface area contributed by atoms with Crippen LogP contribution >= 0.6 is 0 Å². The number of rotatable bonds is 39. The molecule has 2 unspecified atom stereocenters. The molecule has 0 aliphatic rings. The molecule has 0 aliphatic carbocycles. The minimum Gasteiger partial charge on any atom is -0.544 e. The maximum Gasteiger partial charge on any atom is 0.306 e. The number of likely N-dealkylation sites (N-methyl/N-ethyl adjacent to an activating group) is 1. The van der Waals surface area contributed by atoms with Gasteiger partial charge >= 0.3 is 11.9 Å². The number of hydrogen-bond acceptors (Lipinski definition) is 7. The van der Waals surface area contributed by atoms with E-state index >= 15 is 0 Å². The number of carbonyl (C=O) groups is 3. The van der Waals surface area contributed by atoms with Crippen LogP contribution in [0.2, 0.25) is 0 Å². The van der Waals surface area contributed by atoms with Crippen molar-refractivity contribution in [1.29, 1.82) is 0 Å². The van der Waals surface area contributed by atoms with Crippen molar-refractivity contribution in [2.75, 3.05) is 41.0 Å². The van der Waals surface area contributed by atoms with Crippen molar-refractivity contribution in [3.05, 3.63) is 134 Å². The summed E-state index contributed by atoms with van der Waals surface area (Å²) in [5.74, 6) is -1.87. The van der Waals surface area contributed by atoms with Gasteiger partial charge in [0.25, 0.3) is 0 Å². The Kier molecular flexibility index (Phi) is 40.0. The number of nitrogens with zero attached hydrogens (tertiary/aromatic N) is 1. The zero-order chi connectivity index (χ0) is 45.6. The highest BCUT2D eigenvalue weighted by molar-refractivity contribution is 5.70. The van der Waals surface area contributed by atoms with E-state index in [9.17, 15) is 19.5 Å². The van der Waals surface area contributed by atoms with Gasteiger partial charge in [0.05, 0.1) is 40.3 Å². The van der Waals surface area contributed by atoms with Gasteiger partial charge in [0.1, 0.15) is 12.6 Å². The average Bonchev–Trinajstić information content (AvgIpc) is 3.23. The Bertz CT molecular complexity index is 1470. The Morgan fingerprint density at radius 2 is 0.968 bits per heavy atom. The molecule has 0 saturated carbocycles. The highest BCUT2D eigenvalue weighted by atomic mass is 16.6. The number of hydrogen-bond donors (Lipinski definition) is 0. The Balaban J connectivity index is 4.53. The first-order valence-electron chi connectivity index (χ1n) is 23.3. The first-order valence-corrected chi connectivity index (χ1v) is 23.3. The van der Waals surface area contributed by atoms with Crippen LogP contribution < -0.4 is 5.11 Å². The molecule has 0 fully saturated rings. The van der Waals surface area contributed by atoms with Crippen LogP contribution in [0.1, 0.15) is 136 Å². The van der Waals surface area contributed by atoms with Crippen molar-refractivity contribution < 1.29 is 38.2 Å². The van der Waals surface area contributed by atoms with Gasteiger partial charge in [-0.25, -0.2) is 0 Å². The van der Waals surface area contributed by atoms with Crippen LogP contribution in [0, 0.1) is 0 Å². The lowest BCUT2D eigenvalue weighted by Crippen LogP contribution is -2.55. The molecule has 2 atom stereocenters. The lowest BCUT2D eigenvalue weighted by molar-refractivity contribution is -0.889. The molecule has 62 heavy (non-hydrogen) atoms. The van der Waals surface area contributed by atoms with Crippen molar-refractivity contribution in [3.8, 4) is 0 Å². The summed E-state index contributed by atoms with van der Waals surface area (Å²) in [6.07, 6.45) is 61.9. The van der Waals surface area contributed by atoms with E-state index in [0.29, 0.717) is 12.8 Å². The van der Waals surface area contributed by atoms with Crippen LogP contribution in [0.15, 0.2) is 134 Å². The highest BCUT2D eigenvalue weighted by Crippen LogP contribution is 2.11.